The summed E-state index contributed by atoms with van der Waals surface area (Å²) in [6, 6.07) is 16.3. The van der Waals surface area contributed by atoms with Gasteiger partial charge in [-0.3, -0.25) is 9.59 Å². The van der Waals surface area contributed by atoms with Gasteiger partial charge in [-0.2, -0.15) is 0 Å². The van der Waals surface area contributed by atoms with E-state index in [1.165, 1.54) is 29.5 Å². The first-order valence-electron chi connectivity index (χ1n) is 11.7. The Balaban J connectivity index is 1.68. The first kappa shape index (κ1) is 24.4. The lowest BCUT2D eigenvalue weighted by Crippen LogP contribution is -2.51. The van der Waals surface area contributed by atoms with Crippen molar-refractivity contribution in [2.24, 2.45) is 0 Å². The molecule has 1 unspecified atom stereocenters. The van der Waals surface area contributed by atoms with Crippen LogP contribution in [0.2, 0.25) is 0 Å². The molecule has 2 aromatic carbocycles. The summed E-state index contributed by atoms with van der Waals surface area (Å²) in [6.07, 6.45) is 5.03. The molecule has 4 nitrogen and oxygen atoms in total. The Labute approximate surface area is 197 Å². The summed E-state index contributed by atoms with van der Waals surface area (Å²) < 4.78 is 0. The van der Waals surface area contributed by atoms with Gasteiger partial charge < -0.3 is 10.2 Å². The molecule has 2 amide bonds. The van der Waals surface area contributed by atoms with Crippen molar-refractivity contribution >= 4 is 23.6 Å². The number of amides is 2. The number of aryl methyl sites for hydroxylation is 2. The molecule has 172 valence electrons. The van der Waals surface area contributed by atoms with Crippen molar-refractivity contribution < 1.29 is 9.59 Å². The molecule has 5 heteroatoms. The summed E-state index contributed by atoms with van der Waals surface area (Å²) in [4.78, 5) is 28.2. The monoisotopic (exact) mass is 452 g/mol. The molecule has 0 aromatic heterocycles. The van der Waals surface area contributed by atoms with Gasteiger partial charge >= 0.3 is 0 Å². The Morgan fingerprint density at radius 2 is 1.69 bits per heavy atom. The highest BCUT2D eigenvalue weighted by Gasteiger charge is 2.30. The van der Waals surface area contributed by atoms with Gasteiger partial charge in [0.15, 0.2) is 0 Å². The average molecular weight is 453 g/mol. The van der Waals surface area contributed by atoms with E-state index in [1.807, 2.05) is 37.3 Å². The van der Waals surface area contributed by atoms with Crippen molar-refractivity contribution in [3.8, 4) is 0 Å². The minimum atomic E-state index is -0.440. The molecular formula is C27H36N2O2S. The number of nitrogens with zero attached hydrogens (tertiary/aromatic N) is 1. The van der Waals surface area contributed by atoms with Crippen LogP contribution in [0.1, 0.15) is 61.3 Å². The Bertz CT molecular complexity index is 874. The molecule has 1 aliphatic rings. The predicted octanol–water partition coefficient (Wildman–Crippen LogP) is 5.40. The maximum absolute atomic E-state index is 13.3. The highest BCUT2D eigenvalue weighted by Crippen LogP contribution is 2.21. The van der Waals surface area contributed by atoms with Gasteiger partial charge in [0.05, 0.1) is 5.75 Å². The normalized spacial score (nSPS) is 14.8. The van der Waals surface area contributed by atoms with Crippen LogP contribution < -0.4 is 5.32 Å². The van der Waals surface area contributed by atoms with Gasteiger partial charge in [-0.25, -0.2) is 0 Å². The zero-order chi connectivity index (χ0) is 22.9. The third-order valence-corrected chi connectivity index (χ3v) is 7.05. The van der Waals surface area contributed by atoms with E-state index in [2.05, 4.69) is 37.4 Å². The first-order valence-corrected chi connectivity index (χ1v) is 12.9. The van der Waals surface area contributed by atoms with Gasteiger partial charge in [-0.1, -0.05) is 79.4 Å². The zero-order valence-corrected chi connectivity index (χ0v) is 20.4. The highest BCUT2D eigenvalue weighted by molar-refractivity contribution is 7.99. The fraction of sp³-hybridized carbons (Fsp3) is 0.481. The van der Waals surface area contributed by atoms with Gasteiger partial charge in [0.2, 0.25) is 11.8 Å². The van der Waals surface area contributed by atoms with Crippen LogP contribution in [0, 0.1) is 13.8 Å². The topological polar surface area (TPSA) is 49.4 Å². The molecule has 1 aliphatic carbocycles. The van der Waals surface area contributed by atoms with Crippen LogP contribution in [-0.4, -0.2) is 34.6 Å². The van der Waals surface area contributed by atoms with Crippen molar-refractivity contribution in [2.45, 2.75) is 77.3 Å². The zero-order valence-electron chi connectivity index (χ0n) is 19.6. The third-order valence-electron chi connectivity index (χ3n) is 6.06. The molecule has 0 saturated heterocycles. The second-order valence-electron chi connectivity index (χ2n) is 8.91. The lowest BCUT2D eigenvalue weighted by molar-refractivity contribution is -0.139. The van der Waals surface area contributed by atoms with Crippen LogP contribution in [0.5, 0.6) is 0 Å². The van der Waals surface area contributed by atoms with Crippen LogP contribution >= 0.6 is 11.8 Å². The number of nitrogens with one attached hydrogen (secondary N) is 1. The van der Waals surface area contributed by atoms with Gasteiger partial charge in [0, 0.05) is 18.3 Å². The molecule has 1 N–H and O–H groups in total. The Morgan fingerprint density at radius 1 is 1.03 bits per heavy atom. The molecule has 3 rings (SSSR count). The summed E-state index contributed by atoms with van der Waals surface area (Å²) in [6.45, 7) is 6.65. The van der Waals surface area contributed by atoms with E-state index in [0.29, 0.717) is 18.7 Å². The Morgan fingerprint density at radius 3 is 2.31 bits per heavy atom. The third kappa shape index (κ3) is 7.13. The van der Waals surface area contributed by atoms with Crippen molar-refractivity contribution in [1.29, 1.82) is 0 Å². The number of benzene rings is 2. The van der Waals surface area contributed by atoms with E-state index >= 15 is 0 Å². The highest BCUT2D eigenvalue weighted by atomic mass is 32.2. The second-order valence-corrected chi connectivity index (χ2v) is 9.90. The number of hydrogen-bond donors (Lipinski definition) is 1. The Hall–Kier alpha value is -2.27. The molecule has 0 aliphatic heterocycles. The summed E-state index contributed by atoms with van der Waals surface area (Å²) >= 11 is 1.62. The maximum Gasteiger partial charge on any atom is 0.243 e. The van der Waals surface area contributed by atoms with Crippen molar-refractivity contribution in [2.75, 3.05) is 5.75 Å². The molecule has 1 atom stereocenters. The van der Waals surface area contributed by atoms with E-state index in [4.69, 9.17) is 0 Å². The van der Waals surface area contributed by atoms with Crippen LogP contribution in [0.3, 0.4) is 0 Å². The number of thioether (sulfide) groups is 1. The molecule has 1 saturated carbocycles. The molecule has 0 spiro atoms. The van der Waals surface area contributed by atoms with E-state index in [-0.39, 0.29) is 17.9 Å². The SMILES string of the molecule is CCC(C(=O)NC1CCCC1)N(Cc1ccccc1)C(=O)CSCc1cc(C)cc(C)c1. The second kappa shape index (κ2) is 12.1. The molecule has 0 bridgehead atoms. The van der Waals surface area contributed by atoms with Gasteiger partial charge in [-0.15, -0.1) is 11.8 Å². The Kier molecular flexibility index (Phi) is 9.22. The van der Waals surface area contributed by atoms with Crippen LogP contribution in [0.25, 0.3) is 0 Å². The quantitative estimate of drug-likeness (QED) is 0.525. The van der Waals surface area contributed by atoms with Gasteiger partial charge in [0.25, 0.3) is 0 Å². The van der Waals surface area contributed by atoms with Crippen LogP contribution in [0.4, 0.5) is 0 Å². The van der Waals surface area contributed by atoms with Crippen LogP contribution in [-0.2, 0) is 21.9 Å². The molecular weight excluding hydrogens is 416 g/mol. The predicted molar refractivity (Wildman–Crippen MR) is 134 cm³/mol. The molecule has 2 aromatic rings. The van der Waals surface area contributed by atoms with E-state index in [9.17, 15) is 9.59 Å². The molecule has 0 heterocycles. The largest absolute Gasteiger partial charge is 0.352 e. The maximum atomic E-state index is 13.3. The van der Waals surface area contributed by atoms with E-state index in [0.717, 1.165) is 24.2 Å². The van der Waals surface area contributed by atoms with Gasteiger partial charge in [0.1, 0.15) is 6.04 Å². The number of carbonyl (C=O) groups is 2. The van der Waals surface area contributed by atoms with Crippen LogP contribution in [0.15, 0.2) is 48.5 Å². The summed E-state index contributed by atoms with van der Waals surface area (Å²) in [5, 5.41) is 3.21. The number of hydrogen-bond acceptors (Lipinski definition) is 3. The summed E-state index contributed by atoms with van der Waals surface area (Å²) in [5.41, 5.74) is 4.77. The summed E-state index contributed by atoms with van der Waals surface area (Å²) in [5.74, 6) is 1.17. The minimum Gasteiger partial charge on any atom is -0.352 e. The lowest BCUT2D eigenvalue weighted by Gasteiger charge is -2.31. The first-order chi connectivity index (χ1) is 15.5. The van der Waals surface area contributed by atoms with Gasteiger partial charge in [-0.05, 0) is 44.2 Å². The molecule has 0 radical (unpaired) electrons. The van der Waals surface area contributed by atoms with E-state index < -0.39 is 6.04 Å². The lowest BCUT2D eigenvalue weighted by atomic mass is 10.1. The molecule has 32 heavy (non-hydrogen) atoms. The molecule has 1 fully saturated rings. The fourth-order valence-corrected chi connectivity index (χ4v) is 5.40. The number of carbonyl (C=O) groups excluding carboxylic acids is 2. The van der Waals surface area contributed by atoms with Crippen molar-refractivity contribution in [3.05, 3.63) is 70.8 Å². The smallest absolute Gasteiger partial charge is 0.243 e. The summed E-state index contributed by atoms with van der Waals surface area (Å²) in [7, 11) is 0. The van der Waals surface area contributed by atoms with E-state index in [1.54, 1.807) is 16.7 Å². The number of rotatable bonds is 10. The standard InChI is InChI=1S/C27H36N2O2S/c1-4-25(27(31)28-24-12-8-9-13-24)29(17-22-10-6-5-7-11-22)26(30)19-32-18-23-15-20(2)14-21(3)16-23/h5-7,10-11,14-16,24-25H,4,8-9,12-13,17-19H2,1-3H3,(H,28,31). The fourth-order valence-electron chi connectivity index (χ4n) is 4.56. The van der Waals surface area contributed by atoms with Crippen molar-refractivity contribution in [1.82, 2.24) is 10.2 Å². The minimum absolute atomic E-state index is 0.0111. The van der Waals surface area contributed by atoms with Crippen molar-refractivity contribution in [3.63, 3.8) is 0 Å². The average Bonchev–Trinajstić information content (AvgIpc) is 3.26.